The molecule has 25 heavy (non-hydrogen) atoms. The van der Waals surface area contributed by atoms with Crippen LogP contribution >= 0.6 is 15.9 Å². The van der Waals surface area contributed by atoms with E-state index in [1.54, 1.807) is 0 Å². The fourth-order valence-corrected chi connectivity index (χ4v) is 3.19. The van der Waals surface area contributed by atoms with Crippen LogP contribution in [0.1, 0.15) is 18.1 Å². The van der Waals surface area contributed by atoms with Crippen molar-refractivity contribution in [2.45, 2.75) is 20.1 Å². The molecule has 0 fully saturated rings. The molecular formula is C22H22BrNO. The van der Waals surface area contributed by atoms with Crippen LogP contribution < -0.4 is 9.64 Å². The Hall–Kier alpha value is -2.26. The predicted octanol–water partition coefficient (Wildman–Crippen LogP) is 6.05. The fraction of sp³-hybridized carbons (Fsp3) is 0.182. The highest BCUT2D eigenvalue weighted by atomic mass is 79.9. The Kier molecular flexibility index (Phi) is 6.13. The Morgan fingerprint density at radius 1 is 0.880 bits per heavy atom. The van der Waals surface area contributed by atoms with Gasteiger partial charge in [-0.15, -0.1) is 0 Å². The van der Waals surface area contributed by atoms with Crippen molar-refractivity contribution in [1.29, 1.82) is 0 Å². The molecule has 3 rings (SSSR count). The zero-order chi connectivity index (χ0) is 17.5. The first-order valence-electron chi connectivity index (χ1n) is 8.51. The SMILES string of the molecule is CCN(Cc1cc(Br)ccc1OCc1ccccc1)c1ccccc1. The van der Waals surface area contributed by atoms with Gasteiger partial charge in [0, 0.05) is 28.8 Å². The van der Waals surface area contributed by atoms with Gasteiger partial charge in [0.1, 0.15) is 12.4 Å². The lowest BCUT2D eigenvalue weighted by Gasteiger charge is -2.24. The maximum Gasteiger partial charge on any atom is 0.124 e. The van der Waals surface area contributed by atoms with Gasteiger partial charge in [0.2, 0.25) is 0 Å². The summed E-state index contributed by atoms with van der Waals surface area (Å²) in [5.74, 6) is 0.932. The van der Waals surface area contributed by atoms with Crippen LogP contribution in [-0.4, -0.2) is 6.54 Å². The van der Waals surface area contributed by atoms with Gasteiger partial charge >= 0.3 is 0 Å². The quantitative estimate of drug-likeness (QED) is 0.482. The van der Waals surface area contributed by atoms with Gasteiger partial charge in [0.05, 0.1) is 0 Å². The number of benzene rings is 3. The van der Waals surface area contributed by atoms with Crippen LogP contribution in [0.4, 0.5) is 5.69 Å². The zero-order valence-electron chi connectivity index (χ0n) is 14.4. The van der Waals surface area contributed by atoms with E-state index < -0.39 is 0 Å². The summed E-state index contributed by atoms with van der Waals surface area (Å²) in [5.41, 5.74) is 3.57. The number of para-hydroxylation sites is 1. The van der Waals surface area contributed by atoms with E-state index >= 15 is 0 Å². The van der Waals surface area contributed by atoms with Crippen molar-refractivity contribution in [3.8, 4) is 5.75 Å². The normalized spacial score (nSPS) is 10.5. The molecule has 0 saturated heterocycles. The molecule has 0 aromatic heterocycles. The summed E-state index contributed by atoms with van der Waals surface area (Å²) < 4.78 is 7.18. The van der Waals surface area contributed by atoms with E-state index in [9.17, 15) is 0 Å². The molecular weight excluding hydrogens is 374 g/mol. The molecule has 0 radical (unpaired) electrons. The van der Waals surface area contributed by atoms with Gasteiger partial charge in [0.25, 0.3) is 0 Å². The fourth-order valence-electron chi connectivity index (χ4n) is 2.78. The third-order valence-electron chi connectivity index (χ3n) is 4.12. The molecule has 0 N–H and O–H groups in total. The van der Waals surface area contributed by atoms with Gasteiger partial charge in [-0.05, 0) is 42.8 Å². The van der Waals surface area contributed by atoms with Crippen molar-refractivity contribution < 1.29 is 4.74 Å². The van der Waals surface area contributed by atoms with Crippen LogP contribution in [0, 0.1) is 0 Å². The van der Waals surface area contributed by atoms with Crippen LogP contribution in [0.3, 0.4) is 0 Å². The minimum atomic E-state index is 0.576. The van der Waals surface area contributed by atoms with Crippen molar-refractivity contribution in [3.05, 3.63) is 94.5 Å². The number of hydrogen-bond donors (Lipinski definition) is 0. The van der Waals surface area contributed by atoms with Crippen LogP contribution in [0.15, 0.2) is 83.3 Å². The summed E-state index contributed by atoms with van der Waals surface area (Å²) in [6, 6.07) is 27.0. The van der Waals surface area contributed by atoms with Crippen LogP contribution in [-0.2, 0) is 13.2 Å². The number of nitrogens with zero attached hydrogens (tertiary/aromatic N) is 1. The molecule has 0 aliphatic carbocycles. The highest BCUT2D eigenvalue weighted by molar-refractivity contribution is 9.10. The van der Waals surface area contributed by atoms with Crippen LogP contribution in [0.5, 0.6) is 5.75 Å². The average molecular weight is 396 g/mol. The summed E-state index contributed by atoms with van der Waals surface area (Å²) in [6.07, 6.45) is 0. The van der Waals surface area contributed by atoms with Crippen molar-refractivity contribution in [2.24, 2.45) is 0 Å². The molecule has 128 valence electrons. The smallest absolute Gasteiger partial charge is 0.124 e. The maximum absolute atomic E-state index is 6.11. The van der Waals surface area contributed by atoms with Gasteiger partial charge in [0.15, 0.2) is 0 Å². The molecule has 0 unspecified atom stereocenters. The van der Waals surface area contributed by atoms with Crippen LogP contribution in [0.25, 0.3) is 0 Å². The van der Waals surface area contributed by atoms with Gasteiger partial charge in [-0.1, -0.05) is 64.5 Å². The van der Waals surface area contributed by atoms with Crippen molar-refractivity contribution in [3.63, 3.8) is 0 Å². The second-order valence-corrected chi connectivity index (χ2v) is 6.79. The second kappa shape index (κ2) is 8.72. The van der Waals surface area contributed by atoms with Crippen LogP contribution in [0.2, 0.25) is 0 Å². The van der Waals surface area contributed by atoms with Gasteiger partial charge in [-0.25, -0.2) is 0 Å². The van der Waals surface area contributed by atoms with E-state index in [0.29, 0.717) is 6.61 Å². The summed E-state index contributed by atoms with van der Waals surface area (Å²) >= 11 is 3.59. The van der Waals surface area contributed by atoms with Gasteiger partial charge in [-0.3, -0.25) is 0 Å². The lowest BCUT2D eigenvalue weighted by molar-refractivity contribution is 0.302. The summed E-state index contributed by atoms with van der Waals surface area (Å²) in [4.78, 5) is 2.34. The molecule has 0 heterocycles. The van der Waals surface area contributed by atoms with Crippen molar-refractivity contribution in [2.75, 3.05) is 11.4 Å². The van der Waals surface area contributed by atoms with Crippen molar-refractivity contribution in [1.82, 2.24) is 0 Å². The Balaban J connectivity index is 1.79. The second-order valence-electron chi connectivity index (χ2n) is 5.88. The van der Waals surface area contributed by atoms with E-state index in [-0.39, 0.29) is 0 Å². The Morgan fingerprint density at radius 2 is 1.56 bits per heavy atom. The van der Waals surface area contributed by atoms with E-state index in [1.165, 1.54) is 16.8 Å². The molecule has 3 aromatic rings. The molecule has 3 heteroatoms. The highest BCUT2D eigenvalue weighted by Gasteiger charge is 2.11. The first-order valence-corrected chi connectivity index (χ1v) is 9.30. The minimum Gasteiger partial charge on any atom is -0.489 e. The third-order valence-corrected chi connectivity index (χ3v) is 4.62. The number of anilines is 1. The first kappa shape index (κ1) is 17.6. The van der Waals surface area contributed by atoms with E-state index in [1.807, 2.05) is 36.4 Å². The minimum absolute atomic E-state index is 0.576. The molecule has 0 saturated carbocycles. The molecule has 3 aromatic carbocycles. The molecule has 0 aliphatic rings. The summed E-state index contributed by atoms with van der Waals surface area (Å²) in [6.45, 7) is 4.50. The number of halogens is 1. The molecule has 0 bridgehead atoms. The average Bonchev–Trinajstić information content (AvgIpc) is 2.67. The lowest BCUT2D eigenvalue weighted by atomic mass is 10.1. The molecule has 0 amide bonds. The summed E-state index contributed by atoms with van der Waals surface area (Å²) in [5, 5.41) is 0. The Bertz CT molecular complexity index is 790. The maximum atomic E-state index is 6.11. The zero-order valence-corrected chi connectivity index (χ0v) is 15.9. The molecule has 0 aliphatic heterocycles. The number of hydrogen-bond acceptors (Lipinski definition) is 2. The summed E-state index contributed by atoms with van der Waals surface area (Å²) in [7, 11) is 0. The first-order chi connectivity index (χ1) is 12.3. The largest absolute Gasteiger partial charge is 0.489 e. The van der Waals surface area contributed by atoms with Gasteiger partial charge < -0.3 is 9.64 Å². The van der Waals surface area contributed by atoms with E-state index in [4.69, 9.17) is 4.74 Å². The number of rotatable bonds is 7. The molecule has 2 nitrogen and oxygen atoms in total. The molecule has 0 spiro atoms. The highest BCUT2D eigenvalue weighted by Crippen LogP contribution is 2.27. The van der Waals surface area contributed by atoms with Gasteiger partial charge in [-0.2, -0.15) is 0 Å². The lowest BCUT2D eigenvalue weighted by Crippen LogP contribution is -2.22. The topological polar surface area (TPSA) is 12.5 Å². The third kappa shape index (κ3) is 4.86. The predicted molar refractivity (Wildman–Crippen MR) is 108 cm³/mol. The molecule has 0 atom stereocenters. The standard InChI is InChI=1S/C22H22BrNO/c1-2-24(21-11-7-4-8-12-21)16-19-15-20(23)13-14-22(19)25-17-18-9-5-3-6-10-18/h3-15H,2,16-17H2,1H3. The Labute approximate surface area is 158 Å². The van der Waals surface area contributed by atoms with E-state index in [0.717, 1.165) is 23.3 Å². The Morgan fingerprint density at radius 3 is 2.24 bits per heavy atom. The van der Waals surface area contributed by atoms with Crippen molar-refractivity contribution >= 4 is 21.6 Å². The number of ether oxygens (including phenoxy) is 1. The van der Waals surface area contributed by atoms with E-state index in [2.05, 4.69) is 70.2 Å². The monoisotopic (exact) mass is 395 g/mol.